The van der Waals surface area contributed by atoms with Gasteiger partial charge in [0.15, 0.2) is 5.76 Å². The van der Waals surface area contributed by atoms with E-state index in [0.29, 0.717) is 19.9 Å². The number of carbonyl (C=O) groups excluding carboxylic acids is 2. The first kappa shape index (κ1) is 18.5. The van der Waals surface area contributed by atoms with Crippen molar-refractivity contribution in [3.05, 3.63) is 75.0 Å². The molecule has 2 N–H and O–H groups in total. The third kappa shape index (κ3) is 4.27. The van der Waals surface area contributed by atoms with E-state index in [4.69, 9.17) is 27.6 Å². The minimum atomic E-state index is -0.368. The van der Waals surface area contributed by atoms with Gasteiger partial charge in [0.25, 0.3) is 11.8 Å². The zero-order valence-electron chi connectivity index (χ0n) is 13.6. The van der Waals surface area contributed by atoms with Gasteiger partial charge in [0.2, 0.25) is 0 Å². The van der Waals surface area contributed by atoms with Crippen molar-refractivity contribution in [1.29, 1.82) is 0 Å². The van der Waals surface area contributed by atoms with Gasteiger partial charge >= 0.3 is 0 Å². The summed E-state index contributed by atoms with van der Waals surface area (Å²) in [5.41, 5.74) is 0.843. The molecule has 26 heavy (non-hydrogen) atoms. The summed E-state index contributed by atoms with van der Waals surface area (Å²) in [6, 6.07) is 11.5. The van der Waals surface area contributed by atoms with Gasteiger partial charge in [-0.25, -0.2) is 0 Å². The van der Waals surface area contributed by atoms with Gasteiger partial charge in [-0.05, 0) is 48.9 Å². The summed E-state index contributed by atoms with van der Waals surface area (Å²) in [6.07, 6.45) is 1.42. The van der Waals surface area contributed by atoms with Gasteiger partial charge in [-0.2, -0.15) is 0 Å². The van der Waals surface area contributed by atoms with E-state index in [2.05, 4.69) is 10.6 Å². The zero-order valence-corrected chi connectivity index (χ0v) is 15.9. The van der Waals surface area contributed by atoms with E-state index in [1.165, 1.54) is 17.6 Å². The fourth-order valence-corrected chi connectivity index (χ4v) is 3.35. The Bertz CT molecular complexity index is 938. The fraction of sp³-hybridized carbons (Fsp3) is 0.111. The number of halogens is 2. The van der Waals surface area contributed by atoms with Crippen molar-refractivity contribution >= 4 is 51.4 Å². The van der Waals surface area contributed by atoms with Crippen LogP contribution in [0.4, 0.5) is 5.00 Å². The predicted octanol–water partition coefficient (Wildman–Crippen LogP) is 5.39. The van der Waals surface area contributed by atoms with Crippen LogP contribution in [0.1, 0.15) is 38.8 Å². The van der Waals surface area contributed by atoms with Crippen molar-refractivity contribution in [2.45, 2.75) is 13.0 Å². The molecule has 3 aromatic rings. The summed E-state index contributed by atoms with van der Waals surface area (Å²) >= 11 is 13.1. The molecule has 2 aromatic heterocycles. The Morgan fingerprint density at radius 2 is 1.88 bits per heavy atom. The standard InChI is InChI=1S/C18H14Cl2N2O3S/c1-10(11-4-5-12(19)13(20)9-11)21-18(24)15-6-7-16(26-15)22-17(23)14-3-2-8-25-14/h2-10H,1H3,(H,21,24)(H,22,23). The molecule has 0 saturated carbocycles. The number of amides is 2. The molecule has 1 unspecified atom stereocenters. The summed E-state index contributed by atoms with van der Waals surface area (Å²) in [5.74, 6) is -0.405. The van der Waals surface area contributed by atoms with Gasteiger partial charge in [0, 0.05) is 0 Å². The molecule has 8 heteroatoms. The van der Waals surface area contributed by atoms with E-state index in [9.17, 15) is 9.59 Å². The number of hydrogen-bond acceptors (Lipinski definition) is 4. The molecular weight excluding hydrogens is 395 g/mol. The second-order valence-electron chi connectivity index (χ2n) is 5.46. The van der Waals surface area contributed by atoms with Crippen molar-refractivity contribution in [1.82, 2.24) is 5.32 Å². The van der Waals surface area contributed by atoms with E-state index < -0.39 is 0 Å². The van der Waals surface area contributed by atoms with Crippen LogP contribution in [0.2, 0.25) is 10.0 Å². The first-order chi connectivity index (χ1) is 12.4. The average molecular weight is 409 g/mol. The lowest BCUT2D eigenvalue weighted by Crippen LogP contribution is -2.25. The molecule has 0 aliphatic rings. The second-order valence-corrected chi connectivity index (χ2v) is 7.36. The van der Waals surface area contributed by atoms with Gasteiger partial charge in [-0.1, -0.05) is 29.3 Å². The summed E-state index contributed by atoms with van der Waals surface area (Å²) in [6.45, 7) is 1.85. The van der Waals surface area contributed by atoms with Gasteiger partial charge in [0.1, 0.15) is 0 Å². The Morgan fingerprint density at radius 1 is 1.08 bits per heavy atom. The van der Waals surface area contributed by atoms with Crippen LogP contribution in [-0.4, -0.2) is 11.8 Å². The maximum atomic E-state index is 12.4. The van der Waals surface area contributed by atoms with E-state index in [-0.39, 0.29) is 23.6 Å². The SMILES string of the molecule is CC(NC(=O)c1ccc(NC(=O)c2ccco2)s1)c1ccc(Cl)c(Cl)c1. The molecule has 1 aromatic carbocycles. The third-order valence-electron chi connectivity index (χ3n) is 3.60. The highest BCUT2D eigenvalue weighted by atomic mass is 35.5. The lowest BCUT2D eigenvalue weighted by Gasteiger charge is -2.14. The highest BCUT2D eigenvalue weighted by Crippen LogP contribution is 2.27. The molecule has 2 heterocycles. The number of anilines is 1. The second kappa shape index (κ2) is 7.95. The van der Waals surface area contributed by atoms with Crippen molar-refractivity contribution < 1.29 is 14.0 Å². The van der Waals surface area contributed by atoms with E-state index >= 15 is 0 Å². The lowest BCUT2D eigenvalue weighted by atomic mass is 10.1. The summed E-state index contributed by atoms with van der Waals surface area (Å²) in [5, 5.41) is 7.03. The number of furan rings is 1. The molecule has 0 fully saturated rings. The summed E-state index contributed by atoms with van der Waals surface area (Å²) < 4.78 is 5.03. The van der Waals surface area contributed by atoms with Crippen LogP contribution < -0.4 is 10.6 Å². The van der Waals surface area contributed by atoms with E-state index in [1.807, 2.05) is 13.0 Å². The van der Waals surface area contributed by atoms with Gasteiger partial charge in [-0.3, -0.25) is 9.59 Å². The monoisotopic (exact) mass is 408 g/mol. The highest BCUT2D eigenvalue weighted by Gasteiger charge is 2.16. The number of nitrogens with one attached hydrogen (secondary N) is 2. The van der Waals surface area contributed by atoms with Crippen molar-refractivity contribution in [2.24, 2.45) is 0 Å². The number of hydrogen-bond donors (Lipinski definition) is 2. The third-order valence-corrected chi connectivity index (χ3v) is 5.34. The van der Waals surface area contributed by atoms with Crippen molar-refractivity contribution in [2.75, 3.05) is 5.32 Å². The molecule has 1 atom stereocenters. The normalized spacial score (nSPS) is 11.8. The molecular formula is C18H14Cl2N2O3S. The van der Waals surface area contributed by atoms with Crippen LogP contribution in [0.25, 0.3) is 0 Å². The molecule has 5 nitrogen and oxygen atoms in total. The number of rotatable bonds is 5. The largest absolute Gasteiger partial charge is 0.459 e. The molecule has 0 aliphatic carbocycles. The van der Waals surface area contributed by atoms with E-state index in [1.54, 1.807) is 36.4 Å². The van der Waals surface area contributed by atoms with Gasteiger partial charge in [-0.15, -0.1) is 11.3 Å². The lowest BCUT2D eigenvalue weighted by molar-refractivity contribution is 0.0942. The fourth-order valence-electron chi connectivity index (χ4n) is 2.24. The molecule has 2 amide bonds. The average Bonchev–Trinajstić information content (AvgIpc) is 3.28. The first-order valence-corrected chi connectivity index (χ1v) is 9.22. The molecule has 134 valence electrons. The van der Waals surface area contributed by atoms with Crippen molar-refractivity contribution in [3.8, 4) is 0 Å². The maximum Gasteiger partial charge on any atom is 0.291 e. The topological polar surface area (TPSA) is 71.3 Å². The summed E-state index contributed by atoms with van der Waals surface area (Å²) in [7, 11) is 0. The smallest absolute Gasteiger partial charge is 0.291 e. The molecule has 0 saturated heterocycles. The van der Waals surface area contributed by atoms with Crippen LogP contribution in [-0.2, 0) is 0 Å². The van der Waals surface area contributed by atoms with Crippen LogP contribution in [0.15, 0.2) is 53.1 Å². The van der Waals surface area contributed by atoms with Crippen LogP contribution in [0.5, 0.6) is 0 Å². The minimum absolute atomic E-state index is 0.206. The molecule has 3 rings (SSSR count). The molecule has 0 bridgehead atoms. The van der Waals surface area contributed by atoms with Gasteiger partial charge < -0.3 is 15.1 Å². The highest BCUT2D eigenvalue weighted by molar-refractivity contribution is 7.18. The Labute approximate surface area is 163 Å². The molecule has 0 spiro atoms. The summed E-state index contributed by atoms with van der Waals surface area (Å²) in [4.78, 5) is 24.8. The number of carbonyl (C=O) groups is 2. The van der Waals surface area contributed by atoms with Crippen LogP contribution >= 0.6 is 34.5 Å². The molecule has 0 aliphatic heterocycles. The quantitative estimate of drug-likeness (QED) is 0.594. The first-order valence-electron chi connectivity index (χ1n) is 7.64. The van der Waals surface area contributed by atoms with Crippen molar-refractivity contribution in [3.63, 3.8) is 0 Å². The molecule has 0 radical (unpaired) electrons. The van der Waals surface area contributed by atoms with Crippen LogP contribution in [0.3, 0.4) is 0 Å². The van der Waals surface area contributed by atoms with Gasteiger partial charge in [0.05, 0.1) is 32.2 Å². The predicted molar refractivity (Wildman–Crippen MR) is 103 cm³/mol. The zero-order chi connectivity index (χ0) is 18.7. The van der Waals surface area contributed by atoms with Crippen LogP contribution in [0, 0.1) is 0 Å². The van der Waals surface area contributed by atoms with E-state index in [0.717, 1.165) is 5.56 Å². The Kier molecular flexibility index (Phi) is 5.66. The maximum absolute atomic E-state index is 12.4. The Balaban J connectivity index is 1.64. The number of thiophene rings is 1. The minimum Gasteiger partial charge on any atom is -0.459 e. The Morgan fingerprint density at radius 3 is 2.58 bits per heavy atom. The Hall–Kier alpha value is -2.28. The number of benzene rings is 1.